The Morgan fingerprint density at radius 3 is 1.41 bits per heavy atom. The molecule has 0 aromatic rings. The number of unbranched alkanes of at least 4 members (excludes halogenated alkanes) is 7. The van der Waals surface area contributed by atoms with Crippen molar-refractivity contribution < 1.29 is 24.4 Å². The Morgan fingerprint density at radius 2 is 1.12 bits per heavy atom. The van der Waals surface area contributed by atoms with Gasteiger partial charge >= 0.3 is 7.82 Å². The standard InChI is InChI=1S/C10H22O.H3N.H3O4P/c1-2-3-4-5-6-7-8-9-10-11;;1-5(2,3)4/h11H,2-10H2,1H3;1H3;(H3,1,2,3,4). The van der Waals surface area contributed by atoms with Crippen LogP contribution in [0.4, 0.5) is 0 Å². The summed E-state index contributed by atoms with van der Waals surface area (Å²) in [5.74, 6) is 0. The molecular formula is C10H28NO5P. The SMILES string of the molecule is CCCCCCCCCCO.N.O=P(O)(O)O. The minimum atomic E-state index is -4.64. The molecule has 0 spiro atoms. The topological polar surface area (TPSA) is 133 Å². The lowest BCUT2D eigenvalue weighted by Crippen LogP contribution is -1.83. The zero-order chi connectivity index (χ0) is 12.9. The summed E-state index contributed by atoms with van der Waals surface area (Å²) in [6.07, 6.45) is 10.4. The number of hydrogen-bond acceptors (Lipinski definition) is 3. The third kappa shape index (κ3) is 48.9. The molecule has 0 aliphatic heterocycles. The first-order valence-electron chi connectivity index (χ1n) is 5.81. The number of aliphatic hydroxyl groups excluding tert-OH is 1. The Labute approximate surface area is 104 Å². The van der Waals surface area contributed by atoms with Gasteiger partial charge < -0.3 is 25.9 Å². The van der Waals surface area contributed by atoms with Gasteiger partial charge in [-0.15, -0.1) is 0 Å². The van der Waals surface area contributed by atoms with E-state index >= 15 is 0 Å². The van der Waals surface area contributed by atoms with E-state index in [1.165, 1.54) is 44.9 Å². The van der Waals surface area contributed by atoms with Crippen LogP contribution >= 0.6 is 7.82 Å². The fraction of sp³-hybridized carbons (Fsp3) is 1.00. The second kappa shape index (κ2) is 16.0. The Balaban J connectivity index is -0.000000280. The highest BCUT2D eigenvalue weighted by Gasteiger charge is 2.00. The largest absolute Gasteiger partial charge is 0.466 e. The molecule has 0 amide bonds. The lowest BCUT2D eigenvalue weighted by Gasteiger charge is -1.98. The number of aliphatic hydroxyl groups is 1. The van der Waals surface area contributed by atoms with Gasteiger partial charge in [-0.3, -0.25) is 0 Å². The molecule has 0 aromatic carbocycles. The molecule has 0 unspecified atom stereocenters. The van der Waals surface area contributed by atoms with Crippen LogP contribution in [0.15, 0.2) is 0 Å². The van der Waals surface area contributed by atoms with Crippen LogP contribution in [0.25, 0.3) is 0 Å². The van der Waals surface area contributed by atoms with Crippen molar-refractivity contribution in [1.29, 1.82) is 0 Å². The van der Waals surface area contributed by atoms with Gasteiger partial charge in [-0.2, -0.15) is 0 Å². The van der Waals surface area contributed by atoms with Crippen LogP contribution in [0.1, 0.15) is 58.3 Å². The normalized spacial score (nSPS) is 10.2. The van der Waals surface area contributed by atoms with Crippen molar-refractivity contribution in [3.63, 3.8) is 0 Å². The van der Waals surface area contributed by atoms with Crippen molar-refractivity contribution in [1.82, 2.24) is 6.15 Å². The third-order valence-electron chi connectivity index (χ3n) is 2.01. The van der Waals surface area contributed by atoms with Crippen LogP contribution in [0, 0.1) is 0 Å². The average molecular weight is 273 g/mol. The molecule has 0 saturated heterocycles. The first kappa shape index (κ1) is 22.2. The first-order chi connectivity index (χ1) is 7.41. The molecule has 0 aliphatic rings. The maximum Gasteiger partial charge on any atom is 0.466 e. The molecule has 0 aromatic heterocycles. The summed E-state index contributed by atoms with van der Waals surface area (Å²) in [6, 6.07) is 0. The fourth-order valence-corrected chi connectivity index (χ4v) is 1.25. The van der Waals surface area contributed by atoms with Crippen molar-refractivity contribution in [3.05, 3.63) is 0 Å². The van der Waals surface area contributed by atoms with E-state index < -0.39 is 7.82 Å². The van der Waals surface area contributed by atoms with Gasteiger partial charge in [-0.1, -0.05) is 51.9 Å². The predicted molar refractivity (Wildman–Crippen MR) is 69.0 cm³/mol. The van der Waals surface area contributed by atoms with Crippen LogP contribution in [0.3, 0.4) is 0 Å². The summed E-state index contributed by atoms with van der Waals surface area (Å²) >= 11 is 0. The lowest BCUT2D eigenvalue weighted by molar-refractivity contribution is 0.275. The van der Waals surface area contributed by atoms with E-state index in [0.29, 0.717) is 6.61 Å². The molecular weight excluding hydrogens is 245 g/mol. The highest BCUT2D eigenvalue weighted by atomic mass is 31.2. The van der Waals surface area contributed by atoms with Crippen LogP contribution in [-0.4, -0.2) is 26.4 Å². The molecule has 0 radical (unpaired) electrons. The monoisotopic (exact) mass is 273 g/mol. The van der Waals surface area contributed by atoms with Crippen molar-refractivity contribution in [2.75, 3.05) is 6.61 Å². The molecule has 0 atom stereocenters. The van der Waals surface area contributed by atoms with E-state index in [0.717, 1.165) is 6.42 Å². The highest BCUT2D eigenvalue weighted by molar-refractivity contribution is 7.45. The van der Waals surface area contributed by atoms with Gasteiger partial charge in [0.25, 0.3) is 0 Å². The van der Waals surface area contributed by atoms with E-state index in [1.807, 2.05) is 0 Å². The van der Waals surface area contributed by atoms with E-state index in [4.69, 9.17) is 24.4 Å². The van der Waals surface area contributed by atoms with Crippen molar-refractivity contribution in [2.45, 2.75) is 58.3 Å². The Hall–Kier alpha value is 0.0300. The first-order valence-corrected chi connectivity index (χ1v) is 7.37. The second-order valence-electron chi connectivity index (χ2n) is 3.71. The van der Waals surface area contributed by atoms with Crippen LogP contribution in [0.2, 0.25) is 0 Å². The minimum Gasteiger partial charge on any atom is -0.396 e. The third-order valence-corrected chi connectivity index (χ3v) is 2.01. The maximum atomic E-state index is 8.88. The summed E-state index contributed by atoms with van der Waals surface area (Å²) in [4.78, 5) is 21.6. The summed E-state index contributed by atoms with van der Waals surface area (Å²) < 4.78 is 8.88. The minimum absolute atomic E-state index is 0. The summed E-state index contributed by atoms with van der Waals surface area (Å²) in [5, 5.41) is 8.51. The molecule has 0 aliphatic carbocycles. The van der Waals surface area contributed by atoms with Gasteiger partial charge in [0.05, 0.1) is 0 Å². The number of phosphoric acid groups is 1. The number of hydrogen-bond donors (Lipinski definition) is 5. The van der Waals surface area contributed by atoms with Crippen LogP contribution in [0.5, 0.6) is 0 Å². The van der Waals surface area contributed by atoms with E-state index in [9.17, 15) is 0 Å². The second-order valence-corrected chi connectivity index (χ2v) is 4.74. The van der Waals surface area contributed by atoms with Gasteiger partial charge in [0.2, 0.25) is 0 Å². The summed E-state index contributed by atoms with van der Waals surface area (Å²) in [5.41, 5.74) is 0. The quantitative estimate of drug-likeness (QED) is 0.340. The zero-order valence-corrected chi connectivity index (χ0v) is 11.6. The van der Waals surface area contributed by atoms with Gasteiger partial charge in [-0.25, -0.2) is 4.57 Å². The fourth-order valence-electron chi connectivity index (χ4n) is 1.25. The Bertz CT molecular complexity index is 158. The Morgan fingerprint density at radius 1 is 0.824 bits per heavy atom. The molecule has 17 heavy (non-hydrogen) atoms. The van der Waals surface area contributed by atoms with Gasteiger partial charge in [0, 0.05) is 6.61 Å². The molecule has 0 rings (SSSR count). The summed E-state index contributed by atoms with van der Waals surface area (Å²) in [6.45, 7) is 2.61. The van der Waals surface area contributed by atoms with Crippen LogP contribution < -0.4 is 6.15 Å². The van der Waals surface area contributed by atoms with Crippen LogP contribution in [-0.2, 0) is 4.57 Å². The molecule has 7 heteroatoms. The van der Waals surface area contributed by atoms with Gasteiger partial charge in [0.1, 0.15) is 0 Å². The molecule has 0 saturated carbocycles. The highest BCUT2D eigenvalue weighted by Crippen LogP contribution is 2.25. The Kier molecular flexibility index (Phi) is 21.0. The van der Waals surface area contributed by atoms with Gasteiger partial charge in [0.15, 0.2) is 0 Å². The molecule has 6 nitrogen and oxygen atoms in total. The van der Waals surface area contributed by atoms with Crippen molar-refractivity contribution in [3.8, 4) is 0 Å². The molecule has 0 heterocycles. The lowest BCUT2D eigenvalue weighted by atomic mass is 10.1. The molecule has 0 bridgehead atoms. The smallest absolute Gasteiger partial charge is 0.396 e. The van der Waals surface area contributed by atoms with E-state index in [2.05, 4.69) is 6.92 Å². The van der Waals surface area contributed by atoms with E-state index in [-0.39, 0.29) is 6.15 Å². The average Bonchev–Trinajstić information content (AvgIpc) is 2.14. The molecule has 7 N–H and O–H groups in total. The number of rotatable bonds is 8. The summed E-state index contributed by atoms with van der Waals surface area (Å²) in [7, 11) is -4.64. The van der Waals surface area contributed by atoms with Gasteiger partial charge in [-0.05, 0) is 6.42 Å². The zero-order valence-electron chi connectivity index (χ0n) is 10.7. The van der Waals surface area contributed by atoms with E-state index in [1.54, 1.807) is 0 Å². The maximum absolute atomic E-state index is 8.88. The predicted octanol–water partition coefficient (Wildman–Crippen LogP) is 2.35. The van der Waals surface area contributed by atoms with Crippen molar-refractivity contribution >= 4 is 7.82 Å². The van der Waals surface area contributed by atoms with Crippen molar-refractivity contribution in [2.24, 2.45) is 0 Å². The molecule has 108 valence electrons. The molecule has 0 fully saturated rings.